The topological polar surface area (TPSA) is 92.8 Å². The van der Waals surface area contributed by atoms with E-state index in [1.165, 1.54) is 7.05 Å². The number of anilines is 1. The minimum Gasteiger partial charge on any atom is -0.455 e. The molecule has 0 fully saturated rings. The number of ether oxygens (including phenoxy) is 1. The first-order valence-electron chi connectivity index (χ1n) is 7.61. The number of carbonyl (C=O) groups is 2. The quantitative estimate of drug-likeness (QED) is 0.642. The molecule has 2 aromatic carbocycles. The van der Waals surface area contributed by atoms with E-state index in [0.717, 1.165) is 33.0 Å². The molecule has 0 radical (unpaired) electrons. The summed E-state index contributed by atoms with van der Waals surface area (Å²) in [6, 6.07) is 11.0. The second-order valence-electron chi connectivity index (χ2n) is 5.43. The zero-order valence-electron chi connectivity index (χ0n) is 14.2. The molecule has 0 saturated heterocycles. The Hall–Kier alpha value is -2.30. The van der Waals surface area contributed by atoms with Gasteiger partial charge in [0.1, 0.15) is 12.4 Å². The summed E-state index contributed by atoms with van der Waals surface area (Å²) >= 11 is 3.27. The lowest BCUT2D eigenvalue weighted by Gasteiger charge is -2.16. The van der Waals surface area contributed by atoms with Crippen LogP contribution < -0.4 is 5.32 Å². The smallest absolute Gasteiger partial charge is 0.321 e. The second-order valence-corrected chi connectivity index (χ2v) is 8.39. The maximum absolute atomic E-state index is 12.9. The lowest BCUT2D eigenvalue weighted by Crippen LogP contribution is -2.34. The molecule has 10 heteroatoms. The van der Waals surface area contributed by atoms with Crippen LogP contribution >= 0.6 is 15.9 Å². The van der Waals surface area contributed by atoms with Crippen molar-refractivity contribution in [3.05, 3.63) is 58.8 Å². The molecule has 0 saturated carbocycles. The van der Waals surface area contributed by atoms with Crippen molar-refractivity contribution in [2.75, 3.05) is 25.5 Å². The Labute approximate surface area is 164 Å². The highest BCUT2D eigenvalue weighted by atomic mass is 79.9. The SMILES string of the molecule is CN(CC(=O)OCC(=O)Nc1ccc(Br)cc1)S(=O)(=O)c1ccc(F)cc1. The molecule has 0 unspecified atom stereocenters. The van der Waals surface area contributed by atoms with E-state index < -0.39 is 40.9 Å². The molecule has 7 nitrogen and oxygen atoms in total. The Bertz CT molecular complexity index is 917. The van der Waals surface area contributed by atoms with Crippen molar-refractivity contribution in [3.63, 3.8) is 0 Å². The molecule has 1 amide bonds. The molecule has 0 aliphatic heterocycles. The standard InChI is InChI=1S/C17H16BrFN2O5S/c1-21(27(24,25)15-8-4-13(19)5-9-15)10-17(23)26-11-16(22)20-14-6-2-12(18)3-7-14/h2-9H,10-11H2,1H3,(H,20,22). The summed E-state index contributed by atoms with van der Waals surface area (Å²) in [6.45, 7) is -1.15. The van der Waals surface area contributed by atoms with Gasteiger partial charge in [-0.2, -0.15) is 4.31 Å². The summed E-state index contributed by atoms with van der Waals surface area (Å²) in [5.74, 6) is -2.03. The molecule has 0 bridgehead atoms. The molecule has 0 atom stereocenters. The molecule has 2 rings (SSSR count). The van der Waals surface area contributed by atoms with E-state index in [1.54, 1.807) is 24.3 Å². The van der Waals surface area contributed by atoms with Gasteiger partial charge in [0, 0.05) is 17.2 Å². The molecule has 0 aliphatic rings. The van der Waals surface area contributed by atoms with Crippen LogP contribution in [-0.2, 0) is 24.3 Å². The van der Waals surface area contributed by atoms with Crippen molar-refractivity contribution in [1.82, 2.24) is 4.31 Å². The number of hydrogen-bond acceptors (Lipinski definition) is 5. The Balaban J connectivity index is 1.86. The Morgan fingerprint density at radius 2 is 1.70 bits per heavy atom. The van der Waals surface area contributed by atoms with Crippen molar-refractivity contribution in [2.45, 2.75) is 4.90 Å². The van der Waals surface area contributed by atoms with Crippen molar-refractivity contribution >= 4 is 43.5 Å². The number of amides is 1. The predicted octanol–water partition coefficient (Wildman–Crippen LogP) is 2.39. The van der Waals surface area contributed by atoms with E-state index >= 15 is 0 Å². The number of halogens is 2. The van der Waals surface area contributed by atoms with Crippen LogP contribution in [0.5, 0.6) is 0 Å². The minimum absolute atomic E-state index is 0.160. The Morgan fingerprint density at radius 3 is 2.30 bits per heavy atom. The van der Waals surface area contributed by atoms with E-state index in [0.29, 0.717) is 5.69 Å². The number of sulfonamides is 1. The molecule has 2 aromatic rings. The predicted molar refractivity (Wildman–Crippen MR) is 99.9 cm³/mol. The monoisotopic (exact) mass is 458 g/mol. The maximum Gasteiger partial charge on any atom is 0.321 e. The van der Waals surface area contributed by atoms with Gasteiger partial charge in [-0.15, -0.1) is 0 Å². The number of benzene rings is 2. The maximum atomic E-state index is 12.9. The number of carbonyl (C=O) groups excluding carboxylic acids is 2. The van der Waals surface area contributed by atoms with Gasteiger partial charge < -0.3 is 10.1 Å². The third kappa shape index (κ3) is 6.12. The summed E-state index contributed by atoms with van der Waals surface area (Å²) in [7, 11) is -2.80. The highest BCUT2D eigenvalue weighted by molar-refractivity contribution is 9.10. The van der Waals surface area contributed by atoms with Crippen molar-refractivity contribution in [3.8, 4) is 0 Å². The average Bonchev–Trinajstić information content (AvgIpc) is 2.62. The summed E-state index contributed by atoms with van der Waals surface area (Å²) in [5, 5.41) is 2.53. The summed E-state index contributed by atoms with van der Waals surface area (Å²) in [4.78, 5) is 23.4. The van der Waals surface area contributed by atoms with Crippen molar-refractivity contribution < 1.29 is 27.1 Å². The minimum atomic E-state index is -3.98. The number of nitrogens with one attached hydrogen (secondary N) is 1. The average molecular weight is 459 g/mol. The van der Waals surface area contributed by atoms with Crippen molar-refractivity contribution in [2.24, 2.45) is 0 Å². The summed E-state index contributed by atoms with van der Waals surface area (Å²) < 4.78 is 43.9. The zero-order valence-corrected chi connectivity index (χ0v) is 16.6. The fraction of sp³-hybridized carbons (Fsp3) is 0.176. The first-order valence-corrected chi connectivity index (χ1v) is 9.85. The van der Waals surface area contributed by atoms with Crippen LogP contribution in [0.4, 0.5) is 10.1 Å². The van der Waals surface area contributed by atoms with Gasteiger partial charge in [0.25, 0.3) is 5.91 Å². The van der Waals surface area contributed by atoms with E-state index in [-0.39, 0.29) is 4.90 Å². The highest BCUT2D eigenvalue weighted by Crippen LogP contribution is 2.15. The number of rotatable bonds is 7. The molecule has 1 N–H and O–H groups in total. The van der Waals surface area contributed by atoms with Crippen LogP contribution in [0.25, 0.3) is 0 Å². The fourth-order valence-electron chi connectivity index (χ4n) is 1.98. The Kier molecular flexibility index (Phi) is 7.05. The van der Waals surface area contributed by atoms with Gasteiger partial charge in [-0.05, 0) is 48.5 Å². The van der Waals surface area contributed by atoms with Gasteiger partial charge in [0.15, 0.2) is 6.61 Å². The van der Waals surface area contributed by atoms with Gasteiger partial charge in [0.05, 0.1) is 4.90 Å². The van der Waals surface area contributed by atoms with Crippen LogP contribution in [0.2, 0.25) is 0 Å². The largest absolute Gasteiger partial charge is 0.455 e. The Morgan fingerprint density at radius 1 is 1.11 bits per heavy atom. The fourth-order valence-corrected chi connectivity index (χ4v) is 3.35. The van der Waals surface area contributed by atoms with Crippen LogP contribution in [-0.4, -0.2) is 44.8 Å². The molecular weight excluding hydrogens is 443 g/mol. The first-order chi connectivity index (χ1) is 12.7. The lowest BCUT2D eigenvalue weighted by molar-refractivity contribution is -0.147. The van der Waals surface area contributed by atoms with E-state index in [1.807, 2.05) is 0 Å². The summed E-state index contributed by atoms with van der Waals surface area (Å²) in [6.07, 6.45) is 0. The first kappa shape index (κ1) is 21.0. The molecule has 0 aromatic heterocycles. The number of likely N-dealkylation sites (N-methyl/N-ethyl adjacent to an activating group) is 1. The third-order valence-corrected chi connectivity index (χ3v) is 5.71. The van der Waals surface area contributed by atoms with Crippen LogP contribution in [0.15, 0.2) is 57.9 Å². The number of nitrogens with zero attached hydrogens (tertiary/aromatic N) is 1. The molecule has 0 heterocycles. The molecule has 144 valence electrons. The lowest BCUT2D eigenvalue weighted by atomic mass is 10.3. The van der Waals surface area contributed by atoms with Gasteiger partial charge in [0.2, 0.25) is 10.0 Å². The van der Waals surface area contributed by atoms with Crippen LogP contribution in [0, 0.1) is 5.82 Å². The van der Waals surface area contributed by atoms with Crippen LogP contribution in [0.1, 0.15) is 0 Å². The molecule has 0 spiro atoms. The normalized spacial score (nSPS) is 11.3. The van der Waals surface area contributed by atoms with Crippen LogP contribution in [0.3, 0.4) is 0 Å². The van der Waals surface area contributed by atoms with Gasteiger partial charge >= 0.3 is 5.97 Å². The molecule has 0 aliphatic carbocycles. The van der Waals surface area contributed by atoms with E-state index in [9.17, 15) is 22.4 Å². The zero-order chi connectivity index (χ0) is 20.0. The van der Waals surface area contributed by atoms with E-state index in [2.05, 4.69) is 21.2 Å². The molecular formula is C17H16BrFN2O5S. The highest BCUT2D eigenvalue weighted by Gasteiger charge is 2.23. The number of esters is 1. The van der Waals surface area contributed by atoms with Gasteiger partial charge in [-0.1, -0.05) is 15.9 Å². The third-order valence-electron chi connectivity index (χ3n) is 3.37. The van der Waals surface area contributed by atoms with E-state index in [4.69, 9.17) is 4.74 Å². The van der Waals surface area contributed by atoms with Crippen molar-refractivity contribution in [1.29, 1.82) is 0 Å². The molecule has 27 heavy (non-hydrogen) atoms. The second kappa shape index (κ2) is 9.07. The van der Waals surface area contributed by atoms with Gasteiger partial charge in [-0.25, -0.2) is 12.8 Å². The number of hydrogen-bond donors (Lipinski definition) is 1. The summed E-state index contributed by atoms with van der Waals surface area (Å²) in [5.41, 5.74) is 0.523. The van der Waals surface area contributed by atoms with Gasteiger partial charge in [-0.3, -0.25) is 9.59 Å².